The molecule has 6 atom stereocenters. The number of ether oxygens (including phenoxy) is 6. The van der Waals surface area contributed by atoms with E-state index in [-0.39, 0.29) is 31.0 Å². The molecule has 0 aromatic heterocycles. The molecular formula is C39H59ClFN5O15. The van der Waals surface area contributed by atoms with Gasteiger partial charge in [0.1, 0.15) is 23.6 Å². The van der Waals surface area contributed by atoms with Gasteiger partial charge in [-0.2, -0.15) is 0 Å². The van der Waals surface area contributed by atoms with Crippen LogP contribution in [-0.2, 0) is 49.2 Å². The van der Waals surface area contributed by atoms with E-state index in [1.165, 1.54) is 0 Å². The van der Waals surface area contributed by atoms with Crippen LogP contribution in [0.4, 0.5) is 15.8 Å². The Bertz CT molecular complexity index is 1690. The number of unbranched alkanes of at least 4 members (excludes halogenated alkanes) is 3. The Kier molecular flexibility index (Phi) is 23.6. The zero-order valence-electron chi connectivity index (χ0n) is 34.0. The van der Waals surface area contributed by atoms with Gasteiger partial charge in [0.15, 0.2) is 6.67 Å². The highest BCUT2D eigenvalue weighted by Crippen LogP contribution is 2.34. The molecule has 10 N–H and O–H groups in total. The molecule has 2 aromatic carbocycles. The Labute approximate surface area is 357 Å². The average Bonchev–Trinajstić information content (AvgIpc) is 3.25. The van der Waals surface area contributed by atoms with Gasteiger partial charge in [-0.05, 0) is 30.5 Å². The summed E-state index contributed by atoms with van der Waals surface area (Å²) < 4.78 is 46.0. The van der Waals surface area contributed by atoms with Crippen molar-refractivity contribution in [3.63, 3.8) is 0 Å². The van der Waals surface area contributed by atoms with Crippen LogP contribution in [0.25, 0.3) is 0 Å². The predicted octanol–water partition coefficient (Wildman–Crippen LogP) is -1.17. The number of hydrogen-bond acceptors (Lipinski definition) is 17. The van der Waals surface area contributed by atoms with Crippen LogP contribution in [-0.4, -0.2) is 167 Å². The SMILES string of the molecule is NCCOCCOCCOCCOCCNc1c(NCCCCCCO[C@]2(C(=O)O)C[C@H](O)[C@@H](NC(=O)CF)[C@H]([C@H](O)[C@H](O)CNC(=O)Cc3ccc(Cl)cc3)O2)c(=O)c1=O. The maximum atomic E-state index is 13.1. The zero-order chi connectivity index (χ0) is 44.6. The molecule has 0 aliphatic carbocycles. The fraction of sp³-hybridized carbons (Fsp3) is 0.667. The molecule has 2 aromatic rings. The van der Waals surface area contributed by atoms with Crippen molar-refractivity contribution in [2.24, 2.45) is 5.73 Å². The highest BCUT2D eigenvalue weighted by atomic mass is 35.5. The van der Waals surface area contributed by atoms with Crippen molar-refractivity contribution >= 4 is 40.8 Å². The van der Waals surface area contributed by atoms with Crippen LogP contribution < -0.4 is 37.9 Å². The first kappa shape index (κ1) is 51.5. The minimum Gasteiger partial charge on any atom is -0.477 e. The number of anilines is 2. The lowest BCUT2D eigenvalue weighted by atomic mass is 9.88. The van der Waals surface area contributed by atoms with Gasteiger partial charge in [0.25, 0.3) is 22.6 Å². The van der Waals surface area contributed by atoms with E-state index in [0.717, 1.165) is 0 Å². The molecular weight excluding hydrogens is 833 g/mol. The van der Waals surface area contributed by atoms with Crippen molar-refractivity contribution in [3.8, 4) is 0 Å². The van der Waals surface area contributed by atoms with Crippen LogP contribution in [0.15, 0.2) is 33.9 Å². The fourth-order valence-corrected chi connectivity index (χ4v) is 6.33. The van der Waals surface area contributed by atoms with Crippen molar-refractivity contribution in [2.75, 3.05) is 103 Å². The number of aliphatic hydroxyl groups is 3. The number of aliphatic carboxylic acids is 1. The highest BCUT2D eigenvalue weighted by Gasteiger charge is 2.55. The number of nitrogens with one attached hydrogen (secondary N) is 4. The number of carboxylic acid groups (broad SMARTS) is 1. The van der Waals surface area contributed by atoms with Crippen LogP contribution in [0, 0.1) is 0 Å². The van der Waals surface area contributed by atoms with Crippen LogP contribution in [0.5, 0.6) is 0 Å². The summed E-state index contributed by atoms with van der Waals surface area (Å²) in [5.74, 6) is -5.90. The van der Waals surface area contributed by atoms with Gasteiger partial charge >= 0.3 is 5.97 Å². The Morgan fingerprint density at radius 1 is 0.836 bits per heavy atom. The van der Waals surface area contributed by atoms with E-state index in [0.29, 0.717) is 102 Å². The van der Waals surface area contributed by atoms with Crippen LogP contribution in [0.3, 0.4) is 0 Å². The normalized spacial score (nSPS) is 19.9. The first-order chi connectivity index (χ1) is 29.3. The first-order valence-corrected chi connectivity index (χ1v) is 20.5. The number of amides is 2. The average molecular weight is 892 g/mol. The van der Waals surface area contributed by atoms with Crippen molar-refractivity contribution in [1.29, 1.82) is 0 Å². The second kappa shape index (κ2) is 27.9. The summed E-state index contributed by atoms with van der Waals surface area (Å²) in [7, 11) is 0. The molecule has 344 valence electrons. The number of carbonyl (C=O) groups is 3. The van der Waals surface area contributed by atoms with Gasteiger partial charge in [-0.1, -0.05) is 36.6 Å². The predicted molar refractivity (Wildman–Crippen MR) is 219 cm³/mol. The second-order valence-corrected chi connectivity index (χ2v) is 14.5. The maximum absolute atomic E-state index is 13.1. The number of halogens is 2. The Morgan fingerprint density at radius 2 is 1.41 bits per heavy atom. The van der Waals surface area contributed by atoms with Gasteiger partial charge in [0.2, 0.25) is 5.91 Å². The van der Waals surface area contributed by atoms with E-state index >= 15 is 0 Å². The minimum atomic E-state index is -2.52. The molecule has 61 heavy (non-hydrogen) atoms. The monoisotopic (exact) mass is 891 g/mol. The summed E-state index contributed by atoms with van der Waals surface area (Å²) in [6, 6.07) is 4.89. The fourth-order valence-electron chi connectivity index (χ4n) is 6.20. The number of carbonyl (C=O) groups excluding carboxylic acids is 2. The Balaban J connectivity index is 1.38. The molecule has 0 saturated carbocycles. The topological polar surface area (TPSA) is 296 Å². The molecule has 1 heterocycles. The molecule has 0 unspecified atom stereocenters. The summed E-state index contributed by atoms with van der Waals surface area (Å²) in [6.07, 6.45) is -6.10. The standard InChI is InChI=1S/C39H59ClFN5O15/c40-26-7-5-25(6-8-26)21-29(49)45-24-28(48)34(51)37-31(46-30(50)23-41)27(47)22-39(61-37,38(54)55)60-12-4-2-1-3-10-43-32-33(36(53)35(32)52)44-11-14-57-16-18-59-20-19-58-17-15-56-13-9-42/h5-8,27-28,31,34,37,43-44,47-48,51H,1-4,9-24,42H2,(H,45,49)(H,46,50)(H,54,55)/t27-,28+,31+,34+,37+,39+/m0/s1. The van der Waals surface area contributed by atoms with E-state index in [9.17, 15) is 48.8 Å². The molecule has 1 aliphatic heterocycles. The molecule has 3 rings (SSSR count). The minimum absolute atomic E-state index is 0.0851. The van der Waals surface area contributed by atoms with E-state index in [4.69, 9.17) is 45.8 Å². The summed E-state index contributed by atoms with van der Waals surface area (Å²) in [4.78, 5) is 61.2. The van der Waals surface area contributed by atoms with Gasteiger partial charge in [-0.15, -0.1) is 0 Å². The number of carboxylic acids is 1. The third kappa shape index (κ3) is 17.4. The lowest BCUT2D eigenvalue weighted by molar-refractivity contribution is -0.310. The summed E-state index contributed by atoms with van der Waals surface area (Å²) in [5.41, 5.74) is 5.06. The van der Waals surface area contributed by atoms with Crippen molar-refractivity contribution in [3.05, 3.63) is 55.3 Å². The smallest absolute Gasteiger partial charge is 0.364 e. The maximum Gasteiger partial charge on any atom is 0.364 e. The zero-order valence-corrected chi connectivity index (χ0v) is 34.7. The van der Waals surface area contributed by atoms with Gasteiger partial charge in [-0.3, -0.25) is 19.2 Å². The van der Waals surface area contributed by atoms with Gasteiger partial charge in [-0.25, -0.2) is 9.18 Å². The van der Waals surface area contributed by atoms with Crippen LogP contribution in [0.2, 0.25) is 5.02 Å². The summed E-state index contributed by atoms with van der Waals surface area (Å²) in [5, 5.41) is 53.9. The summed E-state index contributed by atoms with van der Waals surface area (Å²) in [6.45, 7) is 2.13. The molecule has 1 fully saturated rings. The van der Waals surface area contributed by atoms with E-state index in [2.05, 4.69) is 21.3 Å². The lowest BCUT2D eigenvalue weighted by Crippen LogP contribution is -2.68. The molecule has 0 spiro atoms. The number of nitrogens with two attached hydrogens (primary N) is 1. The summed E-state index contributed by atoms with van der Waals surface area (Å²) >= 11 is 5.87. The largest absolute Gasteiger partial charge is 0.477 e. The van der Waals surface area contributed by atoms with Crippen LogP contribution >= 0.6 is 11.6 Å². The third-order valence-corrected chi connectivity index (χ3v) is 9.66. The van der Waals surface area contributed by atoms with Gasteiger partial charge in [0.05, 0.1) is 84.1 Å². The molecule has 0 radical (unpaired) electrons. The number of rotatable bonds is 33. The van der Waals surface area contributed by atoms with Crippen molar-refractivity contribution in [1.82, 2.24) is 10.6 Å². The third-order valence-electron chi connectivity index (χ3n) is 9.41. The molecule has 1 aliphatic rings. The van der Waals surface area contributed by atoms with Crippen molar-refractivity contribution < 1.29 is 67.6 Å². The quantitative estimate of drug-likeness (QED) is 0.0301. The van der Waals surface area contributed by atoms with Gasteiger partial charge in [0, 0.05) is 37.6 Å². The van der Waals surface area contributed by atoms with E-state index in [1.54, 1.807) is 24.3 Å². The first-order valence-electron chi connectivity index (χ1n) is 20.1. The molecule has 1 saturated heterocycles. The number of aliphatic hydroxyl groups excluding tert-OH is 3. The van der Waals surface area contributed by atoms with Gasteiger partial charge < -0.3 is 75.8 Å². The Hall–Kier alpha value is -3.87. The molecule has 22 heteroatoms. The van der Waals surface area contributed by atoms with E-state index < -0.39 is 84.5 Å². The number of alkyl halides is 1. The molecule has 20 nitrogen and oxygen atoms in total. The van der Waals surface area contributed by atoms with Crippen molar-refractivity contribution in [2.45, 2.75) is 74.8 Å². The lowest BCUT2D eigenvalue weighted by Gasteiger charge is -2.46. The second-order valence-electron chi connectivity index (χ2n) is 14.1. The number of benzene rings is 1. The Morgan fingerprint density at radius 3 is 2.00 bits per heavy atom. The number of hydrogen-bond donors (Lipinski definition) is 9. The van der Waals surface area contributed by atoms with E-state index in [1.807, 2.05) is 0 Å². The van der Waals surface area contributed by atoms with Crippen LogP contribution in [0.1, 0.15) is 37.7 Å². The highest BCUT2D eigenvalue weighted by molar-refractivity contribution is 6.30. The molecule has 2 amide bonds. The molecule has 0 bridgehead atoms.